The average molecular weight is 327 g/mol. The molecule has 0 spiro atoms. The number of nitrogens with zero attached hydrogens (tertiary/aromatic N) is 4. The van der Waals surface area contributed by atoms with Gasteiger partial charge in [0.05, 0.1) is 12.7 Å². The Morgan fingerprint density at radius 1 is 1.42 bits per heavy atom. The molecule has 1 unspecified atom stereocenters. The highest BCUT2D eigenvalue weighted by molar-refractivity contribution is 5.92. The lowest BCUT2D eigenvalue weighted by atomic mass is 10.1. The number of rotatable bonds is 5. The molecule has 1 N–H and O–H groups in total. The molecule has 126 valence electrons. The molecule has 0 aliphatic carbocycles. The molecule has 0 bridgehead atoms. The molecule has 7 heteroatoms. The number of aryl methyl sites for hydroxylation is 1. The van der Waals surface area contributed by atoms with Gasteiger partial charge < -0.3 is 15.0 Å². The van der Waals surface area contributed by atoms with Gasteiger partial charge in [0.25, 0.3) is 5.91 Å². The van der Waals surface area contributed by atoms with Crippen molar-refractivity contribution in [2.75, 3.05) is 32.1 Å². The molecule has 3 rings (SSSR count). The zero-order chi connectivity index (χ0) is 16.8. The molecule has 1 amide bonds. The molecular formula is C17H21N5O2. The van der Waals surface area contributed by atoms with Crippen LogP contribution in [0.2, 0.25) is 0 Å². The number of morpholine rings is 1. The van der Waals surface area contributed by atoms with Gasteiger partial charge in [-0.1, -0.05) is 0 Å². The topological polar surface area (TPSA) is 80.2 Å². The third-order valence-electron chi connectivity index (χ3n) is 4.05. The zero-order valence-electron chi connectivity index (χ0n) is 13.7. The summed E-state index contributed by atoms with van der Waals surface area (Å²) in [6.45, 7) is 1.72. The van der Waals surface area contributed by atoms with E-state index in [1.54, 1.807) is 29.4 Å². The van der Waals surface area contributed by atoms with Crippen LogP contribution in [0, 0.1) is 0 Å². The summed E-state index contributed by atoms with van der Waals surface area (Å²) in [7, 11) is 1.85. The first-order valence-electron chi connectivity index (χ1n) is 8.07. The fourth-order valence-electron chi connectivity index (χ4n) is 2.75. The monoisotopic (exact) mass is 327 g/mol. The summed E-state index contributed by atoms with van der Waals surface area (Å²) in [5, 5.41) is 10.7. The molecular weight excluding hydrogens is 306 g/mol. The maximum Gasteiger partial charge on any atom is 0.274 e. The van der Waals surface area contributed by atoms with E-state index in [1.165, 1.54) is 5.56 Å². The second-order valence-corrected chi connectivity index (χ2v) is 5.69. The smallest absolute Gasteiger partial charge is 0.274 e. The number of carbonyl (C=O) groups excluding carboxylic acids is 1. The molecule has 0 aromatic carbocycles. The van der Waals surface area contributed by atoms with Crippen LogP contribution in [0.4, 0.5) is 5.82 Å². The molecule has 7 nitrogen and oxygen atoms in total. The molecule has 1 fully saturated rings. The first-order valence-corrected chi connectivity index (χ1v) is 8.07. The van der Waals surface area contributed by atoms with Gasteiger partial charge in [-0.2, -0.15) is 5.10 Å². The number of ether oxygens (including phenoxy) is 1. The van der Waals surface area contributed by atoms with Gasteiger partial charge >= 0.3 is 0 Å². The van der Waals surface area contributed by atoms with Crippen molar-refractivity contribution in [3.63, 3.8) is 0 Å². The number of hydrogen-bond donors (Lipinski definition) is 1. The maximum atomic E-state index is 12.5. The van der Waals surface area contributed by atoms with E-state index in [0.29, 0.717) is 25.4 Å². The number of aromatic nitrogens is 3. The van der Waals surface area contributed by atoms with Crippen LogP contribution in [0.15, 0.2) is 36.7 Å². The third kappa shape index (κ3) is 4.05. The van der Waals surface area contributed by atoms with Crippen LogP contribution in [0.5, 0.6) is 0 Å². The van der Waals surface area contributed by atoms with Gasteiger partial charge in [0.2, 0.25) is 0 Å². The Morgan fingerprint density at radius 2 is 2.33 bits per heavy atom. The Morgan fingerprint density at radius 3 is 3.12 bits per heavy atom. The Balaban J connectivity index is 1.56. The van der Waals surface area contributed by atoms with Crippen molar-refractivity contribution >= 4 is 11.7 Å². The molecule has 1 saturated heterocycles. The van der Waals surface area contributed by atoms with Crippen LogP contribution in [0.3, 0.4) is 0 Å². The van der Waals surface area contributed by atoms with Gasteiger partial charge in [-0.15, -0.1) is 5.10 Å². The van der Waals surface area contributed by atoms with E-state index >= 15 is 0 Å². The Bertz CT molecular complexity index is 680. The largest absolute Gasteiger partial charge is 0.375 e. The highest BCUT2D eigenvalue weighted by Crippen LogP contribution is 2.15. The highest BCUT2D eigenvalue weighted by atomic mass is 16.5. The van der Waals surface area contributed by atoms with Crippen molar-refractivity contribution in [1.29, 1.82) is 0 Å². The second kappa shape index (κ2) is 7.83. The van der Waals surface area contributed by atoms with Crippen molar-refractivity contribution in [3.8, 4) is 0 Å². The highest BCUT2D eigenvalue weighted by Gasteiger charge is 2.25. The SMILES string of the molecule is CNc1cc(CCC2CN(C(=O)c3cccnn3)CCO2)ccn1. The van der Waals surface area contributed by atoms with Crippen LogP contribution < -0.4 is 5.32 Å². The van der Waals surface area contributed by atoms with Gasteiger partial charge in [0.1, 0.15) is 5.82 Å². The van der Waals surface area contributed by atoms with E-state index in [2.05, 4.69) is 20.5 Å². The first kappa shape index (κ1) is 16.3. The van der Waals surface area contributed by atoms with Gasteiger partial charge in [0.15, 0.2) is 5.69 Å². The number of amides is 1. The minimum Gasteiger partial charge on any atom is -0.375 e. The second-order valence-electron chi connectivity index (χ2n) is 5.69. The predicted molar refractivity (Wildman–Crippen MR) is 89.8 cm³/mol. The molecule has 0 saturated carbocycles. The lowest BCUT2D eigenvalue weighted by molar-refractivity contribution is -0.0248. The molecule has 2 aromatic heterocycles. The first-order chi connectivity index (χ1) is 11.8. The summed E-state index contributed by atoms with van der Waals surface area (Å²) < 4.78 is 5.81. The normalized spacial score (nSPS) is 17.5. The summed E-state index contributed by atoms with van der Waals surface area (Å²) in [6, 6.07) is 7.45. The summed E-state index contributed by atoms with van der Waals surface area (Å²) >= 11 is 0. The third-order valence-corrected chi connectivity index (χ3v) is 4.05. The number of anilines is 1. The zero-order valence-corrected chi connectivity index (χ0v) is 13.7. The molecule has 0 radical (unpaired) electrons. The molecule has 1 atom stereocenters. The minimum absolute atomic E-state index is 0.0329. The lowest BCUT2D eigenvalue weighted by Crippen LogP contribution is -2.46. The van der Waals surface area contributed by atoms with E-state index in [9.17, 15) is 4.79 Å². The quantitative estimate of drug-likeness (QED) is 0.894. The van der Waals surface area contributed by atoms with Gasteiger partial charge in [-0.3, -0.25) is 4.79 Å². The Labute approximate surface area is 141 Å². The Kier molecular flexibility index (Phi) is 5.32. The van der Waals surface area contributed by atoms with Gasteiger partial charge in [0, 0.05) is 32.5 Å². The summed E-state index contributed by atoms with van der Waals surface area (Å²) in [6.07, 6.45) is 5.14. The lowest BCUT2D eigenvalue weighted by Gasteiger charge is -2.32. The standard InChI is InChI=1S/C17H21N5O2/c1-18-16-11-13(6-8-19-16)4-5-14-12-22(9-10-24-14)17(23)15-3-2-7-20-21-15/h2-3,6-8,11,14H,4-5,9-10,12H2,1H3,(H,18,19). The van der Waals surface area contributed by atoms with Gasteiger partial charge in [-0.05, 0) is 42.7 Å². The molecule has 3 heterocycles. The van der Waals surface area contributed by atoms with Crippen LogP contribution in [0.1, 0.15) is 22.5 Å². The summed E-state index contributed by atoms with van der Waals surface area (Å²) in [4.78, 5) is 18.5. The fourth-order valence-corrected chi connectivity index (χ4v) is 2.75. The molecule has 24 heavy (non-hydrogen) atoms. The van der Waals surface area contributed by atoms with E-state index in [4.69, 9.17) is 4.74 Å². The summed E-state index contributed by atoms with van der Waals surface area (Å²) in [5.74, 6) is 0.772. The van der Waals surface area contributed by atoms with Crippen molar-refractivity contribution < 1.29 is 9.53 Å². The van der Waals surface area contributed by atoms with Crippen molar-refractivity contribution in [2.24, 2.45) is 0 Å². The molecule has 1 aliphatic heterocycles. The van der Waals surface area contributed by atoms with E-state index in [0.717, 1.165) is 18.7 Å². The average Bonchev–Trinajstić information content (AvgIpc) is 2.67. The van der Waals surface area contributed by atoms with E-state index < -0.39 is 0 Å². The number of nitrogens with one attached hydrogen (secondary N) is 1. The van der Waals surface area contributed by atoms with E-state index in [1.807, 2.05) is 19.2 Å². The minimum atomic E-state index is -0.0854. The predicted octanol–water partition coefficient (Wildman–Crippen LogP) is 1.39. The van der Waals surface area contributed by atoms with Crippen molar-refractivity contribution in [3.05, 3.63) is 47.9 Å². The molecule has 2 aromatic rings. The van der Waals surface area contributed by atoms with Gasteiger partial charge in [-0.25, -0.2) is 4.98 Å². The van der Waals surface area contributed by atoms with E-state index in [-0.39, 0.29) is 12.0 Å². The number of hydrogen-bond acceptors (Lipinski definition) is 6. The number of pyridine rings is 1. The number of carbonyl (C=O) groups is 1. The Hall–Kier alpha value is -2.54. The molecule has 1 aliphatic rings. The maximum absolute atomic E-state index is 12.5. The van der Waals surface area contributed by atoms with Crippen molar-refractivity contribution in [2.45, 2.75) is 18.9 Å². The van der Waals surface area contributed by atoms with Crippen LogP contribution in [-0.4, -0.2) is 58.8 Å². The summed E-state index contributed by atoms with van der Waals surface area (Å²) in [5.41, 5.74) is 1.58. The van der Waals surface area contributed by atoms with Crippen LogP contribution in [-0.2, 0) is 11.2 Å². The van der Waals surface area contributed by atoms with Crippen LogP contribution >= 0.6 is 0 Å². The fraction of sp³-hybridized carbons (Fsp3) is 0.412. The van der Waals surface area contributed by atoms with Crippen molar-refractivity contribution in [1.82, 2.24) is 20.1 Å². The van der Waals surface area contributed by atoms with Crippen LogP contribution in [0.25, 0.3) is 0 Å².